The van der Waals surface area contributed by atoms with Crippen molar-refractivity contribution in [3.63, 3.8) is 0 Å². The van der Waals surface area contributed by atoms with E-state index in [4.69, 9.17) is 4.74 Å². The first kappa shape index (κ1) is 16.8. The van der Waals surface area contributed by atoms with Crippen molar-refractivity contribution >= 4 is 0 Å². The Balaban J connectivity index is 2.10. The molecule has 1 aliphatic rings. The van der Waals surface area contributed by atoms with E-state index in [9.17, 15) is 10.2 Å². The third-order valence-corrected chi connectivity index (χ3v) is 4.35. The van der Waals surface area contributed by atoms with E-state index in [1.54, 1.807) is 13.2 Å². The molecule has 1 saturated carbocycles. The van der Waals surface area contributed by atoms with Crippen LogP contribution in [0.3, 0.4) is 0 Å². The Morgan fingerprint density at radius 1 is 1.36 bits per heavy atom. The van der Waals surface area contributed by atoms with Gasteiger partial charge in [0.05, 0.1) is 12.7 Å². The Morgan fingerprint density at radius 3 is 2.64 bits per heavy atom. The third kappa shape index (κ3) is 4.02. The Morgan fingerprint density at radius 2 is 2.05 bits per heavy atom. The summed E-state index contributed by atoms with van der Waals surface area (Å²) in [6.07, 6.45) is 6.37. The SMILES string of the molecule is C=CCc1cc(CN(C)CC2(O)CCCC2)cc(OC)c1O. The fraction of sp³-hybridized carbons (Fsp3) is 0.556. The topological polar surface area (TPSA) is 52.9 Å². The summed E-state index contributed by atoms with van der Waals surface area (Å²) in [6, 6.07) is 3.84. The summed E-state index contributed by atoms with van der Waals surface area (Å²) >= 11 is 0. The number of phenols is 1. The van der Waals surface area contributed by atoms with Crippen molar-refractivity contribution < 1.29 is 14.9 Å². The van der Waals surface area contributed by atoms with Crippen LogP contribution in [0.4, 0.5) is 0 Å². The normalized spacial score (nSPS) is 16.9. The number of methoxy groups -OCH3 is 1. The van der Waals surface area contributed by atoms with Crippen molar-refractivity contribution in [2.24, 2.45) is 0 Å². The van der Waals surface area contributed by atoms with Gasteiger partial charge in [0.2, 0.25) is 0 Å². The molecule has 122 valence electrons. The van der Waals surface area contributed by atoms with Crippen LogP contribution < -0.4 is 4.74 Å². The Bertz CT molecular complexity index is 521. The van der Waals surface area contributed by atoms with E-state index < -0.39 is 5.60 Å². The molecule has 1 fully saturated rings. The number of allylic oxidation sites excluding steroid dienone is 1. The molecule has 2 N–H and O–H groups in total. The molecular formula is C18H27NO3. The van der Waals surface area contributed by atoms with Crippen molar-refractivity contribution in [1.29, 1.82) is 0 Å². The number of likely N-dealkylation sites (N-methyl/N-ethyl adjacent to an activating group) is 1. The molecule has 1 aromatic carbocycles. The first-order valence-electron chi connectivity index (χ1n) is 7.88. The second-order valence-corrected chi connectivity index (χ2v) is 6.40. The van der Waals surface area contributed by atoms with Crippen molar-refractivity contribution in [3.8, 4) is 11.5 Å². The minimum atomic E-state index is -0.542. The summed E-state index contributed by atoms with van der Waals surface area (Å²) < 4.78 is 5.26. The minimum Gasteiger partial charge on any atom is -0.504 e. The number of phenolic OH excluding ortho intramolecular Hbond substituents is 1. The number of hydrogen-bond acceptors (Lipinski definition) is 4. The molecule has 4 heteroatoms. The Hall–Kier alpha value is -1.52. The fourth-order valence-corrected chi connectivity index (χ4v) is 3.35. The highest BCUT2D eigenvalue weighted by atomic mass is 16.5. The van der Waals surface area contributed by atoms with Gasteiger partial charge in [-0.3, -0.25) is 4.90 Å². The number of benzene rings is 1. The van der Waals surface area contributed by atoms with Crippen LogP contribution in [0.5, 0.6) is 11.5 Å². The average Bonchev–Trinajstić information content (AvgIpc) is 2.88. The molecule has 0 radical (unpaired) electrons. The zero-order chi connectivity index (χ0) is 16.2. The standard InChI is InChI=1S/C18H27NO3/c1-4-7-15-10-14(11-16(22-3)17(15)20)12-19(2)13-18(21)8-5-6-9-18/h4,10-11,20-21H,1,5-9,12-13H2,2-3H3. The molecule has 0 heterocycles. The van der Waals surface area contributed by atoms with Crippen molar-refractivity contribution in [3.05, 3.63) is 35.9 Å². The van der Waals surface area contributed by atoms with E-state index >= 15 is 0 Å². The van der Waals surface area contributed by atoms with Gasteiger partial charge in [-0.25, -0.2) is 0 Å². The lowest BCUT2D eigenvalue weighted by Gasteiger charge is -2.28. The molecular weight excluding hydrogens is 278 g/mol. The lowest BCUT2D eigenvalue weighted by Crippen LogP contribution is -2.38. The van der Waals surface area contributed by atoms with Gasteiger partial charge in [0.25, 0.3) is 0 Å². The maximum atomic E-state index is 10.5. The van der Waals surface area contributed by atoms with Gasteiger partial charge in [-0.05, 0) is 37.9 Å². The van der Waals surface area contributed by atoms with Gasteiger partial charge in [-0.15, -0.1) is 6.58 Å². The van der Waals surface area contributed by atoms with Gasteiger partial charge in [0, 0.05) is 18.7 Å². The van der Waals surface area contributed by atoms with E-state index in [1.165, 1.54) is 0 Å². The molecule has 0 aromatic heterocycles. The number of aromatic hydroxyl groups is 1. The number of nitrogens with zero attached hydrogens (tertiary/aromatic N) is 1. The van der Waals surface area contributed by atoms with Crippen LogP contribution in [0.1, 0.15) is 36.8 Å². The first-order chi connectivity index (χ1) is 10.5. The maximum absolute atomic E-state index is 10.5. The molecule has 0 aliphatic heterocycles. The highest BCUT2D eigenvalue weighted by molar-refractivity contribution is 5.49. The molecule has 2 rings (SSSR count). The van der Waals surface area contributed by atoms with Crippen LogP contribution in [0, 0.1) is 0 Å². The lowest BCUT2D eigenvalue weighted by molar-refractivity contribution is 0.0145. The summed E-state index contributed by atoms with van der Waals surface area (Å²) in [5.74, 6) is 0.672. The van der Waals surface area contributed by atoms with Crippen molar-refractivity contribution in [2.75, 3.05) is 20.7 Å². The predicted octanol–water partition coefficient (Wildman–Crippen LogP) is 2.87. The molecule has 0 bridgehead atoms. The smallest absolute Gasteiger partial charge is 0.161 e. The van der Waals surface area contributed by atoms with Gasteiger partial charge in [-0.1, -0.05) is 25.0 Å². The molecule has 22 heavy (non-hydrogen) atoms. The maximum Gasteiger partial charge on any atom is 0.161 e. The van der Waals surface area contributed by atoms with E-state index in [0.29, 0.717) is 25.3 Å². The fourth-order valence-electron chi connectivity index (χ4n) is 3.35. The van der Waals surface area contributed by atoms with Crippen LogP contribution in [0.15, 0.2) is 24.8 Å². The van der Waals surface area contributed by atoms with Gasteiger partial charge >= 0.3 is 0 Å². The van der Waals surface area contributed by atoms with Crippen LogP contribution >= 0.6 is 0 Å². The summed E-state index contributed by atoms with van der Waals surface area (Å²) in [4.78, 5) is 2.13. The van der Waals surface area contributed by atoms with E-state index in [1.807, 2.05) is 19.2 Å². The summed E-state index contributed by atoms with van der Waals surface area (Å²) in [7, 11) is 3.57. The third-order valence-electron chi connectivity index (χ3n) is 4.35. The van der Waals surface area contributed by atoms with Gasteiger partial charge < -0.3 is 14.9 Å². The molecule has 0 atom stereocenters. The Labute approximate surface area is 133 Å². The molecule has 0 spiro atoms. The van der Waals surface area contributed by atoms with Crippen molar-refractivity contribution in [1.82, 2.24) is 4.90 Å². The number of rotatable bonds is 7. The second kappa shape index (κ2) is 7.16. The highest BCUT2D eigenvalue weighted by Gasteiger charge is 2.32. The van der Waals surface area contributed by atoms with Crippen LogP contribution in [0.2, 0.25) is 0 Å². The average molecular weight is 305 g/mol. The number of hydrogen-bond donors (Lipinski definition) is 2. The Kier molecular flexibility index (Phi) is 5.48. The molecule has 0 amide bonds. The van der Waals surface area contributed by atoms with E-state index in [0.717, 1.165) is 36.8 Å². The highest BCUT2D eigenvalue weighted by Crippen LogP contribution is 2.33. The van der Waals surface area contributed by atoms with Gasteiger partial charge in [0.15, 0.2) is 11.5 Å². The summed E-state index contributed by atoms with van der Waals surface area (Å²) in [5, 5.41) is 20.6. The predicted molar refractivity (Wildman–Crippen MR) is 88.3 cm³/mol. The largest absolute Gasteiger partial charge is 0.504 e. The molecule has 0 unspecified atom stereocenters. The van der Waals surface area contributed by atoms with Crippen LogP contribution in [-0.4, -0.2) is 41.4 Å². The molecule has 0 saturated heterocycles. The first-order valence-corrected chi connectivity index (χ1v) is 7.88. The molecule has 1 aliphatic carbocycles. The number of aliphatic hydroxyl groups is 1. The molecule has 4 nitrogen and oxygen atoms in total. The lowest BCUT2D eigenvalue weighted by atomic mass is 10.0. The monoisotopic (exact) mass is 305 g/mol. The van der Waals surface area contributed by atoms with Gasteiger partial charge in [-0.2, -0.15) is 0 Å². The van der Waals surface area contributed by atoms with Crippen LogP contribution in [0.25, 0.3) is 0 Å². The van der Waals surface area contributed by atoms with Crippen LogP contribution in [-0.2, 0) is 13.0 Å². The zero-order valence-electron chi connectivity index (χ0n) is 13.6. The summed E-state index contributed by atoms with van der Waals surface area (Å²) in [6.45, 7) is 5.11. The summed E-state index contributed by atoms with van der Waals surface area (Å²) in [5.41, 5.74) is 1.34. The zero-order valence-corrected chi connectivity index (χ0v) is 13.6. The van der Waals surface area contributed by atoms with Crippen molar-refractivity contribution in [2.45, 2.75) is 44.2 Å². The molecule has 1 aromatic rings. The van der Waals surface area contributed by atoms with Gasteiger partial charge in [0.1, 0.15) is 0 Å². The van der Waals surface area contributed by atoms with E-state index in [-0.39, 0.29) is 5.75 Å². The quantitative estimate of drug-likeness (QED) is 0.761. The second-order valence-electron chi connectivity index (χ2n) is 6.40. The van der Waals surface area contributed by atoms with E-state index in [2.05, 4.69) is 11.5 Å². The number of ether oxygens (including phenoxy) is 1. The minimum absolute atomic E-state index is 0.184.